The number of rotatable bonds is 5. The maximum Gasteiger partial charge on any atom is 0.282 e. The highest BCUT2D eigenvalue weighted by atomic mass is 16.7. The number of hydrogen-bond acceptors (Lipinski definition) is 9. The SMILES string of the molecule is Nc1c(-c2nc(-c3ccc4c(c3)OCO4)no2)nnn1CC(=O)Nc1ccccc1. The molecule has 2 aromatic carbocycles. The van der Waals surface area contributed by atoms with E-state index in [-0.39, 0.29) is 36.6 Å². The number of nitrogen functional groups attached to an aromatic ring is 1. The number of para-hydroxylation sites is 1. The van der Waals surface area contributed by atoms with E-state index >= 15 is 0 Å². The topological polar surface area (TPSA) is 143 Å². The lowest BCUT2D eigenvalue weighted by molar-refractivity contribution is -0.116. The van der Waals surface area contributed by atoms with E-state index in [0.717, 1.165) is 0 Å². The first-order valence-electron chi connectivity index (χ1n) is 8.95. The molecule has 0 unspecified atom stereocenters. The van der Waals surface area contributed by atoms with E-state index in [2.05, 4.69) is 25.8 Å². The summed E-state index contributed by atoms with van der Waals surface area (Å²) in [6.07, 6.45) is 0. The molecular formula is C19H15N7O4. The number of nitrogens with two attached hydrogens (primary N) is 1. The largest absolute Gasteiger partial charge is 0.454 e. The zero-order chi connectivity index (χ0) is 20.5. The van der Waals surface area contributed by atoms with Crippen LogP contribution in [0.5, 0.6) is 11.5 Å². The molecule has 5 rings (SSSR count). The fourth-order valence-electron chi connectivity index (χ4n) is 2.92. The standard InChI is InChI=1S/C19H15N7O4/c20-17-16(23-25-26(17)9-15(27)21-12-4-2-1-3-5-12)19-22-18(24-30-19)11-6-7-13-14(8-11)29-10-28-13/h1-8H,9-10,20H2,(H,21,27). The molecule has 11 heteroatoms. The number of ether oxygens (including phenoxy) is 2. The number of hydrogen-bond donors (Lipinski definition) is 2. The van der Waals surface area contributed by atoms with E-state index in [4.69, 9.17) is 19.7 Å². The molecule has 1 aliphatic rings. The predicted octanol–water partition coefficient (Wildman–Crippen LogP) is 1.94. The van der Waals surface area contributed by atoms with Crippen molar-refractivity contribution in [2.45, 2.75) is 6.54 Å². The van der Waals surface area contributed by atoms with Gasteiger partial charge in [-0.1, -0.05) is 28.6 Å². The van der Waals surface area contributed by atoms with Crippen molar-refractivity contribution >= 4 is 17.4 Å². The molecule has 1 amide bonds. The maximum absolute atomic E-state index is 12.2. The average molecular weight is 405 g/mol. The number of carbonyl (C=O) groups is 1. The van der Waals surface area contributed by atoms with Crippen molar-refractivity contribution in [2.75, 3.05) is 17.8 Å². The van der Waals surface area contributed by atoms with Gasteiger partial charge in [0.2, 0.25) is 18.5 Å². The normalized spacial score (nSPS) is 12.1. The van der Waals surface area contributed by atoms with Gasteiger partial charge < -0.3 is 25.0 Å². The molecule has 0 radical (unpaired) electrons. The summed E-state index contributed by atoms with van der Waals surface area (Å²) in [5.41, 5.74) is 7.64. The minimum Gasteiger partial charge on any atom is -0.454 e. The summed E-state index contributed by atoms with van der Waals surface area (Å²) in [7, 11) is 0. The number of fused-ring (bicyclic) bond motifs is 1. The van der Waals surface area contributed by atoms with Gasteiger partial charge in [-0.2, -0.15) is 4.98 Å². The number of carbonyl (C=O) groups excluding carboxylic acids is 1. The van der Waals surface area contributed by atoms with Crippen molar-refractivity contribution in [3.8, 4) is 34.5 Å². The van der Waals surface area contributed by atoms with Gasteiger partial charge in [0.1, 0.15) is 6.54 Å². The third-order valence-corrected chi connectivity index (χ3v) is 4.38. The molecule has 0 fully saturated rings. The minimum absolute atomic E-state index is 0.0925. The van der Waals surface area contributed by atoms with Crippen LogP contribution in [0.4, 0.5) is 11.5 Å². The van der Waals surface area contributed by atoms with Crippen LogP contribution in [0.2, 0.25) is 0 Å². The Morgan fingerprint density at radius 3 is 2.83 bits per heavy atom. The zero-order valence-corrected chi connectivity index (χ0v) is 15.5. The number of nitrogens with zero attached hydrogens (tertiary/aromatic N) is 5. The van der Waals surface area contributed by atoms with Gasteiger partial charge in [0.05, 0.1) is 0 Å². The van der Waals surface area contributed by atoms with Crippen molar-refractivity contribution in [1.82, 2.24) is 25.1 Å². The van der Waals surface area contributed by atoms with E-state index in [1.54, 1.807) is 30.3 Å². The molecule has 11 nitrogen and oxygen atoms in total. The fraction of sp³-hybridized carbons (Fsp3) is 0.105. The molecule has 3 N–H and O–H groups in total. The van der Waals surface area contributed by atoms with Crippen LogP contribution in [-0.2, 0) is 11.3 Å². The minimum atomic E-state index is -0.295. The smallest absolute Gasteiger partial charge is 0.282 e. The van der Waals surface area contributed by atoms with E-state index in [0.29, 0.717) is 28.6 Å². The molecule has 0 saturated carbocycles. The van der Waals surface area contributed by atoms with Crippen LogP contribution in [-0.4, -0.2) is 37.8 Å². The zero-order valence-electron chi connectivity index (χ0n) is 15.5. The predicted molar refractivity (Wildman–Crippen MR) is 104 cm³/mol. The Morgan fingerprint density at radius 2 is 1.97 bits per heavy atom. The molecule has 0 bridgehead atoms. The van der Waals surface area contributed by atoms with Gasteiger partial charge in [0.15, 0.2) is 23.0 Å². The van der Waals surface area contributed by atoms with Crippen molar-refractivity contribution in [3.63, 3.8) is 0 Å². The maximum atomic E-state index is 12.2. The Kier molecular flexibility index (Phi) is 4.24. The second-order valence-electron chi connectivity index (χ2n) is 6.39. The first-order valence-corrected chi connectivity index (χ1v) is 8.95. The van der Waals surface area contributed by atoms with E-state index in [1.807, 2.05) is 18.2 Å². The highest BCUT2D eigenvalue weighted by molar-refractivity contribution is 5.90. The highest BCUT2D eigenvalue weighted by Gasteiger charge is 2.21. The number of amides is 1. The summed E-state index contributed by atoms with van der Waals surface area (Å²) in [4.78, 5) is 16.6. The monoisotopic (exact) mass is 405 g/mol. The second kappa shape index (κ2) is 7.20. The van der Waals surface area contributed by atoms with Crippen molar-refractivity contribution in [2.24, 2.45) is 0 Å². The molecule has 0 atom stereocenters. The van der Waals surface area contributed by atoms with Crippen molar-refractivity contribution in [1.29, 1.82) is 0 Å². The van der Waals surface area contributed by atoms with Crippen LogP contribution in [0.15, 0.2) is 53.1 Å². The van der Waals surface area contributed by atoms with E-state index in [9.17, 15) is 4.79 Å². The molecule has 1 aliphatic heterocycles. The molecule has 30 heavy (non-hydrogen) atoms. The Bertz CT molecular complexity index is 1220. The van der Waals surface area contributed by atoms with Crippen LogP contribution in [0.25, 0.3) is 23.0 Å². The molecule has 4 aromatic rings. The number of anilines is 2. The highest BCUT2D eigenvalue weighted by Crippen LogP contribution is 2.35. The average Bonchev–Trinajstić information content (AvgIpc) is 3.49. The summed E-state index contributed by atoms with van der Waals surface area (Å²) in [6, 6.07) is 14.4. The van der Waals surface area contributed by atoms with Gasteiger partial charge in [-0.3, -0.25) is 4.79 Å². The van der Waals surface area contributed by atoms with Crippen LogP contribution in [0, 0.1) is 0 Å². The molecule has 150 valence electrons. The van der Waals surface area contributed by atoms with Crippen LogP contribution < -0.4 is 20.5 Å². The molecule has 3 heterocycles. The summed E-state index contributed by atoms with van der Waals surface area (Å²) in [5.74, 6) is 1.53. The molecular weight excluding hydrogens is 390 g/mol. The summed E-state index contributed by atoms with van der Waals surface area (Å²) >= 11 is 0. The lowest BCUT2D eigenvalue weighted by Crippen LogP contribution is -2.20. The lowest BCUT2D eigenvalue weighted by Gasteiger charge is -2.05. The Morgan fingerprint density at radius 1 is 1.13 bits per heavy atom. The van der Waals surface area contributed by atoms with E-state index < -0.39 is 0 Å². The lowest BCUT2D eigenvalue weighted by atomic mass is 10.2. The van der Waals surface area contributed by atoms with Gasteiger partial charge >= 0.3 is 0 Å². The van der Waals surface area contributed by atoms with Crippen molar-refractivity contribution < 1.29 is 18.8 Å². The van der Waals surface area contributed by atoms with Gasteiger partial charge in [-0.25, -0.2) is 4.68 Å². The summed E-state index contributed by atoms with van der Waals surface area (Å²) in [6.45, 7) is 0.0602. The number of aromatic nitrogens is 5. The Labute approximate surface area is 169 Å². The first kappa shape index (κ1) is 17.7. The van der Waals surface area contributed by atoms with Gasteiger partial charge in [0, 0.05) is 11.3 Å². The number of nitrogens with one attached hydrogen (secondary N) is 1. The third-order valence-electron chi connectivity index (χ3n) is 4.38. The molecule has 0 spiro atoms. The quantitative estimate of drug-likeness (QED) is 0.509. The van der Waals surface area contributed by atoms with E-state index in [1.165, 1.54) is 4.68 Å². The Balaban J connectivity index is 1.34. The van der Waals surface area contributed by atoms with Gasteiger partial charge in [-0.05, 0) is 30.3 Å². The van der Waals surface area contributed by atoms with Crippen LogP contribution in [0.1, 0.15) is 0 Å². The Hall–Kier alpha value is -4.41. The van der Waals surface area contributed by atoms with Crippen molar-refractivity contribution in [3.05, 3.63) is 48.5 Å². The van der Waals surface area contributed by atoms with Crippen LogP contribution >= 0.6 is 0 Å². The van der Waals surface area contributed by atoms with Gasteiger partial charge in [0.25, 0.3) is 5.89 Å². The molecule has 0 saturated heterocycles. The fourth-order valence-corrected chi connectivity index (χ4v) is 2.92. The first-order chi connectivity index (χ1) is 14.7. The third kappa shape index (κ3) is 3.28. The van der Waals surface area contributed by atoms with Gasteiger partial charge in [-0.15, -0.1) is 5.10 Å². The summed E-state index contributed by atoms with van der Waals surface area (Å²) in [5, 5.41) is 14.6. The summed E-state index contributed by atoms with van der Waals surface area (Å²) < 4.78 is 17.2. The van der Waals surface area contributed by atoms with Crippen LogP contribution in [0.3, 0.4) is 0 Å². The second-order valence-corrected chi connectivity index (χ2v) is 6.39. The molecule has 2 aromatic heterocycles. The number of benzene rings is 2. The molecule has 0 aliphatic carbocycles.